The number of piperidine rings is 2. The molecule has 2 N–H and O–H groups in total. The maximum Gasteiger partial charge on any atom is 0.223 e. The third kappa shape index (κ3) is 6.32. The van der Waals surface area contributed by atoms with Gasteiger partial charge in [-0.05, 0) is 51.6 Å². The summed E-state index contributed by atoms with van der Waals surface area (Å²) in [6, 6.07) is 0. The molecule has 5 heteroatoms. The largest absolute Gasteiger partial charge is 0.356 e. The van der Waals surface area contributed by atoms with Crippen molar-refractivity contribution in [2.24, 2.45) is 11.8 Å². The summed E-state index contributed by atoms with van der Waals surface area (Å²) in [5, 5.41) is 13.7. The monoisotopic (exact) mass is 301 g/mol. The van der Waals surface area contributed by atoms with E-state index in [0.717, 1.165) is 65.0 Å². The van der Waals surface area contributed by atoms with Crippen molar-refractivity contribution in [3.8, 4) is 0 Å². The SMILES string of the molecule is CC.CCNC(=O)C1CCN(CC2CCN(O)CC2)CC1.[HH]. The highest BCUT2D eigenvalue weighted by atomic mass is 16.5. The van der Waals surface area contributed by atoms with Crippen molar-refractivity contribution in [2.75, 3.05) is 39.3 Å². The Hall–Kier alpha value is -0.650. The van der Waals surface area contributed by atoms with Crippen LogP contribution in [0.1, 0.15) is 47.9 Å². The fraction of sp³-hybridized carbons (Fsp3) is 0.938. The molecule has 0 atom stereocenters. The Bertz CT molecular complexity index is 289. The van der Waals surface area contributed by atoms with Gasteiger partial charge in [-0.25, -0.2) is 0 Å². The van der Waals surface area contributed by atoms with E-state index in [1.165, 1.54) is 5.06 Å². The Balaban J connectivity index is 0.00000141. The second-order valence-corrected chi connectivity index (χ2v) is 5.87. The minimum atomic E-state index is 0. The molecule has 0 saturated carbocycles. The molecule has 0 aliphatic carbocycles. The van der Waals surface area contributed by atoms with E-state index >= 15 is 0 Å². The molecule has 0 radical (unpaired) electrons. The van der Waals surface area contributed by atoms with E-state index < -0.39 is 0 Å². The lowest BCUT2D eigenvalue weighted by atomic mass is 9.93. The van der Waals surface area contributed by atoms with Gasteiger partial charge in [-0.2, -0.15) is 5.06 Å². The van der Waals surface area contributed by atoms with E-state index in [4.69, 9.17) is 0 Å². The topological polar surface area (TPSA) is 55.8 Å². The molecule has 2 heterocycles. The maximum atomic E-state index is 11.8. The molecule has 0 aromatic carbocycles. The van der Waals surface area contributed by atoms with Crippen LogP contribution in [0.4, 0.5) is 0 Å². The van der Waals surface area contributed by atoms with E-state index in [1.54, 1.807) is 0 Å². The normalized spacial score (nSPS) is 22.5. The van der Waals surface area contributed by atoms with Crippen molar-refractivity contribution in [3.05, 3.63) is 0 Å². The summed E-state index contributed by atoms with van der Waals surface area (Å²) < 4.78 is 0. The molecular formula is C16H35N3O2. The quantitative estimate of drug-likeness (QED) is 0.836. The zero-order chi connectivity index (χ0) is 15.7. The molecule has 5 nitrogen and oxygen atoms in total. The Morgan fingerprint density at radius 1 is 1.14 bits per heavy atom. The van der Waals surface area contributed by atoms with Gasteiger partial charge in [0.15, 0.2) is 0 Å². The van der Waals surface area contributed by atoms with Crippen LogP contribution < -0.4 is 5.32 Å². The third-order valence-corrected chi connectivity index (χ3v) is 4.42. The van der Waals surface area contributed by atoms with Crippen molar-refractivity contribution in [1.29, 1.82) is 0 Å². The highest BCUT2D eigenvalue weighted by molar-refractivity contribution is 5.78. The van der Waals surface area contributed by atoms with Crippen LogP contribution in [0.2, 0.25) is 0 Å². The highest BCUT2D eigenvalue weighted by Crippen LogP contribution is 2.22. The minimum absolute atomic E-state index is 0. The standard InChI is InChI=1S/C14H27N3O2.C2H6.H2/c1-2-15-14(18)13-5-7-16(8-6-13)11-12-3-9-17(19)10-4-12;1-2;/h12-13,19H,2-11H2,1H3,(H,15,18);1-2H3;1H. The molecule has 2 aliphatic rings. The lowest BCUT2D eigenvalue weighted by Gasteiger charge is -2.36. The van der Waals surface area contributed by atoms with Gasteiger partial charge < -0.3 is 15.4 Å². The molecule has 2 rings (SSSR count). The smallest absolute Gasteiger partial charge is 0.223 e. The van der Waals surface area contributed by atoms with Crippen LogP contribution in [0, 0.1) is 11.8 Å². The lowest BCUT2D eigenvalue weighted by Crippen LogP contribution is -2.43. The van der Waals surface area contributed by atoms with Crippen LogP contribution in [0.15, 0.2) is 0 Å². The maximum absolute atomic E-state index is 11.8. The molecule has 0 aromatic heterocycles. The van der Waals surface area contributed by atoms with Crippen LogP contribution >= 0.6 is 0 Å². The third-order valence-electron chi connectivity index (χ3n) is 4.42. The Labute approximate surface area is 131 Å². The number of carbonyl (C=O) groups excluding carboxylic acids is 1. The minimum Gasteiger partial charge on any atom is -0.356 e. The van der Waals surface area contributed by atoms with E-state index in [2.05, 4.69) is 10.2 Å². The predicted molar refractivity (Wildman–Crippen MR) is 87.4 cm³/mol. The summed E-state index contributed by atoms with van der Waals surface area (Å²) in [6.45, 7) is 11.5. The van der Waals surface area contributed by atoms with E-state index in [0.29, 0.717) is 5.92 Å². The number of likely N-dealkylation sites (tertiary alicyclic amines) is 1. The molecule has 0 spiro atoms. The summed E-state index contributed by atoms with van der Waals surface area (Å²) in [6.07, 6.45) is 4.16. The number of nitrogens with one attached hydrogen (secondary N) is 1. The number of hydrogen-bond acceptors (Lipinski definition) is 4. The van der Waals surface area contributed by atoms with Gasteiger partial charge >= 0.3 is 0 Å². The van der Waals surface area contributed by atoms with E-state index in [9.17, 15) is 10.0 Å². The molecule has 2 saturated heterocycles. The van der Waals surface area contributed by atoms with Crippen molar-refractivity contribution < 1.29 is 11.4 Å². The van der Waals surface area contributed by atoms with Gasteiger partial charge in [-0.1, -0.05) is 13.8 Å². The second kappa shape index (κ2) is 10.1. The molecule has 2 aliphatic heterocycles. The number of nitrogens with zero attached hydrogens (tertiary/aromatic N) is 2. The molecule has 0 unspecified atom stereocenters. The molecule has 0 bridgehead atoms. The second-order valence-electron chi connectivity index (χ2n) is 5.87. The first-order valence-electron chi connectivity index (χ1n) is 8.63. The highest BCUT2D eigenvalue weighted by Gasteiger charge is 2.27. The molecule has 126 valence electrons. The summed E-state index contributed by atoms with van der Waals surface area (Å²) in [4.78, 5) is 14.3. The number of hydrogen-bond donors (Lipinski definition) is 2. The molecule has 2 fully saturated rings. The number of rotatable bonds is 4. The summed E-state index contributed by atoms with van der Waals surface area (Å²) in [5.74, 6) is 1.16. The molecule has 21 heavy (non-hydrogen) atoms. The molecular weight excluding hydrogens is 266 g/mol. The van der Waals surface area contributed by atoms with E-state index in [1.807, 2.05) is 20.8 Å². The van der Waals surface area contributed by atoms with Gasteiger partial charge in [0, 0.05) is 33.5 Å². The van der Waals surface area contributed by atoms with E-state index in [-0.39, 0.29) is 13.3 Å². The predicted octanol–water partition coefficient (Wildman–Crippen LogP) is 2.21. The summed E-state index contributed by atoms with van der Waals surface area (Å²) in [5.41, 5.74) is 0. The Morgan fingerprint density at radius 3 is 2.24 bits per heavy atom. The van der Waals surface area contributed by atoms with Crippen LogP contribution in [-0.4, -0.2) is 60.3 Å². The number of carbonyl (C=O) groups is 1. The van der Waals surface area contributed by atoms with Gasteiger partial charge in [0.05, 0.1) is 0 Å². The number of hydroxylamine groups is 2. The molecule has 1 amide bonds. The van der Waals surface area contributed by atoms with Gasteiger partial charge in [0.25, 0.3) is 0 Å². The van der Waals surface area contributed by atoms with Crippen molar-refractivity contribution in [3.63, 3.8) is 0 Å². The first-order valence-corrected chi connectivity index (χ1v) is 8.63. The average molecular weight is 301 g/mol. The fourth-order valence-corrected chi connectivity index (χ4v) is 3.16. The zero-order valence-corrected chi connectivity index (χ0v) is 14.0. The van der Waals surface area contributed by atoms with Crippen molar-refractivity contribution >= 4 is 5.91 Å². The van der Waals surface area contributed by atoms with Crippen LogP contribution in [-0.2, 0) is 4.79 Å². The zero-order valence-electron chi connectivity index (χ0n) is 14.0. The summed E-state index contributed by atoms with van der Waals surface area (Å²) in [7, 11) is 0. The molecule has 0 aromatic rings. The van der Waals surface area contributed by atoms with Gasteiger partial charge in [0.1, 0.15) is 0 Å². The lowest BCUT2D eigenvalue weighted by molar-refractivity contribution is -0.126. The van der Waals surface area contributed by atoms with Crippen molar-refractivity contribution in [2.45, 2.75) is 46.5 Å². The van der Waals surface area contributed by atoms with Crippen LogP contribution in [0.5, 0.6) is 0 Å². The van der Waals surface area contributed by atoms with Gasteiger partial charge in [-0.3, -0.25) is 4.79 Å². The van der Waals surface area contributed by atoms with Crippen LogP contribution in [0.3, 0.4) is 0 Å². The van der Waals surface area contributed by atoms with Crippen LogP contribution in [0.25, 0.3) is 0 Å². The first-order chi connectivity index (χ1) is 10.2. The number of amides is 1. The van der Waals surface area contributed by atoms with Crippen molar-refractivity contribution in [1.82, 2.24) is 15.3 Å². The fourth-order valence-electron chi connectivity index (χ4n) is 3.16. The average Bonchev–Trinajstić information content (AvgIpc) is 2.52. The first kappa shape index (κ1) is 18.4. The van der Waals surface area contributed by atoms with Gasteiger partial charge in [-0.15, -0.1) is 0 Å². The summed E-state index contributed by atoms with van der Waals surface area (Å²) >= 11 is 0. The Morgan fingerprint density at radius 2 is 1.71 bits per heavy atom. The van der Waals surface area contributed by atoms with Gasteiger partial charge in [0.2, 0.25) is 5.91 Å². The Kier molecular flexibility index (Phi) is 8.88.